The maximum atomic E-state index is 12.2. The zero-order valence-electron chi connectivity index (χ0n) is 14.5. The van der Waals surface area contributed by atoms with Gasteiger partial charge in [0.2, 0.25) is 0 Å². The highest BCUT2D eigenvalue weighted by atomic mass is 35.5. The highest BCUT2D eigenvalue weighted by Gasteiger charge is 2.37. The van der Waals surface area contributed by atoms with Gasteiger partial charge in [0.05, 0.1) is 29.2 Å². The van der Waals surface area contributed by atoms with E-state index in [1.165, 1.54) is 0 Å². The molecule has 26 heavy (non-hydrogen) atoms. The molecule has 0 N–H and O–H groups in total. The Balaban J connectivity index is 1.75. The van der Waals surface area contributed by atoms with Gasteiger partial charge in [-0.3, -0.25) is 4.99 Å². The normalized spacial score (nSPS) is 21.0. The van der Waals surface area contributed by atoms with Crippen molar-refractivity contribution in [2.24, 2.45) is 4.99 Å². The lowest BCUT2D eigenvalue weighted by molar-refractivity contribution is -0.134. The SMILES string of the molecule is CCOC(=O)C1=NC(CCCc2ccc#cc2Cl)C2=C1CCS(=O)(=O)C2. The lowest BCUT2D eigenvalue weighted by atomic mass is 9.96. The number of rotatable bonds is 6. The largest absolute Gasteiger partial charge is 0.461 e. The van der Waals surface area contributed by atoms with Crippen LogP contribution in [-0.2, 0) is 25.8 Å². The molecule has 0 aliphatic carbocycles. The lowest BCUT2D eigenvalue weighted by Gasteiger charge is -2.19. The van der Waals surface area contributed by atoms with E-state index in [2.05, 4.69) is 17.1 Å². The first-order valence-electron chi connectivity index (χ1n) is 8.65. The number of esters is 1. The van der Waals surface area contributed by atoms with Gasteiger partial charge in [-0.2, -0.15) is 0 Å². The quantitative estimate of drug-likeness (QED) is 0.696. The fourth-order valence-corrected chi connectivity index (χ4v) is 5.10. The van der Waals surface area contributed by atoms with E-state index in [4.69, 9.17) is 16.3 Å². The summed E-state index contributed by atoms with van der Waals surface area (Å²) in [6, 6.07) is 9.02. The molecular weight excluding hydrogens is 374 g/mol. The first-order valence-corrected chi connectivity index (χ1v) is 10.9. The van der Waals surface area contributed by atoms with Crippen molar-refractivity contribution in [2.45, 2.75) is 38.6 Å². The zero-order valence-corrected chi connectivity index (χ0v) is 16.1. The zero-order chi connectivity index (χ0) is 18.7. The van der Waals surface area contributed by atoms with Crippen molar-refractivity contribution in [3.63, 3.8) is 0 Å². The molecule has 2 aliphatic heterocycles. The Morgan fingerprint density at radius 1 is 1.46 bits per heavy atom. The molecule has 1 atom stereocenters. The molecule has 0 radical (unpaired) electrons. The molecule has 3 rings (SSSR count). The van der Waals surface area contributed by atoms with Crippen LogP contribution in [-0.4, -0.2) is 44.3 Å². The number of carbonyl (C=O) groups is 1. The number of ether oxygens (including phenoxy) is 1. The van der Waals surface area contributed by atoms with Gasteiger partial charge in [0.1, 0.15) is 5.71 Å². The Morgan fingerprint density at radius 2 is 2.27 bits per heavy atom. The van der Waals surface area contributed by atoms with E-state index in [1.807, 2.05) is 6.07 Å². The Morgan fingerprint density at radius 3 is 3.00 bits per heavy atom. The molecule has 5 nitrogen and oxygen atoms in total. The van der Waals surface area contributed by atoms with Gasteiger partial charge in [-0.25, -0.2) is 13.2 Å². The molecule has 0 amide bonds. The van der Waals surface area contributed by atoms with Crippen molar-refractivity contribution in [2.75, 3.05) is 18.1 Å². The van der Waals surface area contributed by atoms with Crippen LogP contribution in [0.2, 0.25) is 5.02 Å². The third-order valence-corrected chi connectivity index (χ3v) is 6.54. The number of halogens is 1. The number of hydrogen-bond acceptors (Lipinski definition) is 5. The summed E-state index contributed by atoms with van der Waals surface area (Å²) >= 11 is 6.10. The van der Waals surface area contributed by atoms with Crippen LogP contribution in [0.1, 0.15) is 31.7 Å². The molecule has 138 valence electrons. The maximum absolute atomic E-state index is 12.2. The van der Waals surface area contributed by atoms with Crippen LogP contribution < -0.4 is 0 Å². The number of aliphatic imine (C=N–C) groups is 1. The van der Waals surface area contributed by atoms with Gasteiger partial charge in [0.25, 0.3) is 0 Å². The molecule has 2 aliphatic rings. The van der Waals surface area contributed by atoms with E-state index >= 15 is 0 Å². The summed E-state index contributed by atoms with van der Waals surface area (Å²) in [7, 11) is -3.13. The van der Waals surface area contributed by atoms with E-state index in [0.29, 0.717) is 23.6 Å². The highest BCUT2D eigenvalue weighted by Crippen LogP contribution is 2.33. The summed E-state index contributed by atoms with van der Waals surface area (Å²) in [5.74, 6) is -0.421. The van der Waals surface area contributed by atoms with Crippen molar-refractivity contribution in [1.29, 1.82) is 0 Å². The highest BCUT2D eigenvalue weighted by molar-refractivity contribution is 7.91. The van der Waals surface area contributed by atoms with Gasteiger partial charge in [-0.1, -0.05) is 17.7 Å². The van der Waals surface area contributed by atoms with Gasteiger partial charge >= 0.3 is 5.97 Å². The van der Waals surface area contributed by atoms with Gasteiger partial charge in [0.15, 0.2) is 9.84 Å². The molecule has 0 saturated carbocycles. The minimum absolute atomic E-state index is 0.0196. The van der Waals surface area contributed by atoms with Crippen LogP contribution in [0.15, 0.2) is 28.3 Å². The van der Waals surface area contributed by atoms with Gasteiger partial charge in [0, 0.05) is 0 Å². The molecule has 0 fully saturated rings. The van der Waals surface area contributed by atoms with Crippen LogP contribution >= 0.6 is 11.6 Å². The molecular formula is C19H20ClNO4S. The third-order valence-electron chi connectivity index (χ3n) is 4.62. The number of hydrogen-bond donors (Lipinski definition) is 0. The number of nitrogens with zero attached hydrogens (tertiary/aromatic N) is 1. The monoisotopic (exact) mass is 393 g/mol. The van der Waals surface area contributed by atoms with Gasteiger partial charge in [-0.05, 0) is 67.5 Å². The Kier molecular flexibility index (Phi) is 5.69. The number of aryl methyl sites for hydroxylation is 1. The summed E-state index contributed by atoms with van der Waals surface area (Å²) in [4.78, 5) is 16.7. The fraction of sp³-hybridized carbons (Fsp3) is 0.474. The van der Waals surface area contributed by atoms with Crippen LogP contribution in [0.25, 0.3) is 0 Å². The molecule has 0 aromatic heterocycles. The van der Waals surface area contributed by atoms with E-state index in [9.17, 15) is 13.2 Å². The van der Waals surface area contributed by atoms with E-state index in [1.54, 1.807) is 13.0 Å². The van der Waals surface area contributed by atoms with Crippen LogP contribution in [0.5, 0.6) is 0 Å². The summed E-state index contributed by atoms with van der Waals surface area (Å²) in [6.45, 7) is 2.01. The maximum Gasteiger partial charge on any atom is 0.356 e. The number of sulfone groups is 1. The first kappa shape index (κ1) is 18.9. The van der Waals surface area contributed by atoms with E-state index < -0.39 is 15.8 Å². The second-order valence-corrected chi connectivity index (χ2v) is 8.96. The molecule has 0 saturated heterocycles. The Hall–Kier alpha value is -1.84. The third kappa shape index (κ3) is 4.11. The number of carbonyl (C=O) groups excluding carboxylic acids is 1. The minimum atomic E-state index is -3.13. The topological polar surface area (TPSA) is 72.8 Å². The molecule has 1 unspecified atom stereocenters. The summed E-state index contributed by atoms with van der Waals surface area (Å²) in [5, 5.41) is 0.551. The van der Waals surface area contributed by atoms with Crippen molar-refractivity contribution >= 4 is 33.1 Å². The van der Waals surface area contributed by atoms with Crippen molar-refractivity contribution in [3.05, 3.63) is 46.0 Å². The average Bonchev–Trinajstić information content (AvgIpc) is 2.94. The van der Waals surface area contributed by atoms with E-state index in [0.717, 1.165) is 29.6 Å². The predicted molar refractivity (Wildman–Crippen MR) is 100 cm³/mol. The average molecular weight is 394 g/mol. The van der Waals surface area contributed by atoms with Gasteiger partial charge in [-0.15, -0.1) is 0 Å². The fourth-order valence-electron chi connectivity index (χ4n) is 3.39. The summed E-state index contributed by atoms with van der Waals surface area (Å²) in [6.07, 6.45) is 2.51. The lowest BCUT2D eigenvalue weighted by Crippen LogP contribution is -2.26. The second-order valence-electron chi connectivity index (χ2n) is 6.39. The smallest absolute Gasteiger partial charge is 0.356 e. The van der Waals surface area contributed by atoms with E-state index in [-0.39, 0.29) is 24.2 Å². The minimum Gasteiger partial charge on any atom is -0.461 e. The molecule has 1 aromatic rings. The van der Waals surface area contributed by atoms with Crippen LogP contribution in [0, 0.1) is 12.1 Å². The molecule has 7 heteroatoms. The predicted octanol–water partition coefficient (Wildman–Crippen LogP) is 2.76. The molecule has 0 spiro atoms. The summed E-state index contributed by atoms with van der Waals surface area (Å²) < 4.78 is 29.2. The van der Waals surface area contributed by atoms with Crippen molar-refractivity contribution in [1.82, 2.24) is 0 Å². The van der Waals surface area contributed by atoms with Crippen molar-refractivity contribution in [3.8, 4) is 0 Å². The summed E-state index contributed by atoms with van der Waals surface area (Å²) in [5.41, 5.74) is 2.81. The molecule has 1 aromatic carbocycles. The second kappa shape index (κ2) is 7.81. The van der Waals surface area contributed by atoms with Crippen molar-refractivity contribution < 1.29 is 17.9 Å². The van der Waals surface area contributed by atoms with Crippen LogP contribution in [0.4, 0.5) is 0 Å². The van der Waals surface area contributed by atoms with Crippen LogP contribution in [0.3, 0.4) is 0 Å². The first-order chi connectivity index (χ1) is 12.4. The molecule has 2 heterocycles. The standard InChI is InChI=1S/C19H20ClNO4S/c1-2-25-19(22)18-14-10-11-26(23,24)12-15(14)17(21-18)9-5-7-13-6-3-4-8-16(13)20/h3,6,17H,2,5,7,9-12H2,1H3. The molecule has 0 bridgehead atoms. The Labute approximate surface area is 159 Å². The van der Waals surface area contributed by atoms with Gasteiger partial charge < -0.3 is 4.74 Å². The Bertz CT molecular complexity index is 873.